The van der Waals surface area contributed by atoms with E-state index in [1.807, 2.05) is 60.7 Å². The van der Waals surface area contributed by atoms with Gasteiger partial charge in [0.25, 0.3) is 0 Å². The molecule has 2 aromatic carbocycles. The first-order chi connectivity index (χ1) is 11.3. The van der Waals surface area contributed by atoms with Crippen molar-refractivity contribution in [1.29, 1.82) is 5.26 Å². The van der Waals surface area contributed by atoms with E-state index in [0.29, 0.717) is 0 Å². The van der Waals surface area contributed by atoms with Gasteiger partial charge in [0.05, 0.1) is 6.20 Å². The Morgan fingerprint density at radius 1 is 1.00 bits per heavy atom. The molecule has 4 heteroatoms. The predicted octanol–water partition coefficient (Wildman–Crippen LogP) is 4.34. The molecule has 0 saturated carbocycles. The highest BCUT2D eigenvalue weighted by atomic mass is 19.1. The summed E-state index contributed by atoms with van der Waals surface area (Å²) in [6.07, 6.45) is 1.00. The Hall–Kier alpha value is -3.19. The minimum Gasteiger partial charge on any atom is -0.486 e. The van der Waals surface area contributed by atoms with E-state index < -0.39 is 5.82 Å². The number of hydrogen-bond donors (Lipinski definition) is 0. The van der Waals surface area contributed by atoms with Crippen LogP contribution in [0.25, 0.3) is 11.1 Å². The zero-order valence-electron chi connectivity index (χ0n) is 12.2. The van der Waals surface area contributed by atoms with Crippen LogP contribution in [-0.2, 0) is 6.61 Å². The minimum atomic E-state index is -0.529. The summed E-state index contributed by atoms with van der Waals surface area (Å²) in [4.78, 5) is 3.70. The van der Waals surface area contributed by atoms with Crippen molar-refractivity contribution < 1.29 is 9.13 Å². The molecule has 0 unspecified atom stereocenters. The molecule has 0 amide bonds. The molecule has 1 heterocycles. The van der Waals surface area contributed by atoms with E-state index in [-0.39, 0.29) is 18.1 Å². The number of aromatic nitrogens is 1. The Morgan fingerprint density at radius 3 is 2.39 bits per heavy atom. The molecule has 0 bridgehead atoms. The maximum Gasteiger partial charge on any atom is 0.182 e. The summed E-state index contributed by atoms with van der Waals surface area (Å²) in [5.41, 5.74) is 3.26. The minimum absolute atomic E-state index is 0.0762. The van der Waals surface area contributed by atoms with Crippen molar-refractivity contribution in [2.45, 2.75) is 6.61 Å². The third kappa shape index (κ3) is 3.53. The van der Waals surface area contributed by atoms with Gasteiger partial charge < -0.3 is 4.74 Å². The topological polar surface area (TPSA) is 45.9 Å². The summed E-state index contributed by atoms with van der Waals surface area (Å²) in [7, 11) is 0. The van der Waals surface area contributed by atoms with Crippen molar-refractivity contribution in [3.63, 3.8) is 0 Å². The van der Waals surface area contributed by atoms with Gasteiger partial charge in [-0.1, -0.05) is 54.6 Å². The molecular weight excluding hydrogens is 291 g/mol. The number of nitriles is 1. The molecule has 112 valence electrons. The fourth-order valence-electron chi connectivity index (χ4n) is 2.20. The van der Waals surface area contributed by atoms with Gasteiger partial charge in [-0.15, -0.1) is 0 Å². The number of pyridine rings is 1. The highest BCUT2D eigenvalue weighted by Gasteiger charge is 2.07. The molecule has 23 heavy (non-hydrogen) atoms. The SMILES string of the molecule is N#Cc1ncc(F)cc1OCc1ccc(-c2ccccc2)cc1. The van der Waals surface area contributed by atoms with E-state index in [1.54, 1.807) is 0 Å². The summed E-state index contributed by atoms with van der Waals surface area (Å²) in [6, 6.07) is 21.0. The van der Waals surface area contributed by atoms with Gasteiger partial charge in [-0.2, -0.15) is 5.26 Å². The summed E-state index contributed by atoms with van der Waals surface area (Å²) < 4.78 is 18.7. The Bertz CT molecular complexity index is 839. The van der Waals surface area contributed by atoms with Crippen LogP contribution >= 0.6 is 0 Å². The zero-order chi connectivity index (χ0) is 16.1. The molecule has 0 fully saturated rings. The smallest absolute Gasteiger partial charge is 0.182 e. The summed E-state index contributed by atoms with van der Waals surface area (Å²) in [5.74, 6) is -0.377. The molecule has 3 aromatic rings. The van der Waals surface area contributed by atoms with Crippen LogP contribution in [0.3, 0.4) is 0 Å². The van der Waals surface area contributed by atoms with Crippen molar-refractivity contribution >= 4 is 0 Å². The van der Waals surface area contributed by atoms with Crippen LogP contribution in [0.5, 0.6) is 5.75 Å². The van der Waals surface area contributed by atoms with Crippen LogP contribution in [0, 0.1) is 17.1 Å². The Labute approximate surface area is 133 Å². The summed E-state index contributed by atoms with van der Waals surface area (Å²) >= 11 is 0. The molecule has 0 aliphatic rings. The fourth-order valence-corrected chi connectivity index (χ4v) is 2.20. The molecule has 0 spiro atoms. The van der Waals surface area contributed by atoms with Gasteiger partial charge in [-0.25, -0.2) is 9.37 Å². The van der Waals surface area contributed by atoms with Crippen molar-refractivity contribution in [1.82, 2.24) is 4.98 Å². The molecular formula is C19H13FN2O. The van der Waals surface area contributed by atoms with E-state index in [9.17, 15) is 4.39 Å². The van der Waals surface area contributed by atoms with Gasteiger partial charge in [0, 0.05) is 6.07 Å². The van der Waals surface area contributed by atoms with Crippen LogP contribution in [-0.4, -0.2) is 4.98 Å². The molecule has 0 N–H and O–H groups in total. The van der Waals surface area contributed by atoms with Gasteiger partial charge in [-0.05, 0) is 16.7 Å². The molecule has 0 atom stereocenters. The molecule has 3 rings (SSSR count). The normalized spacial score (nSPS) is 10.1. The second-order valence-corrected chi connectivity index (χ2v) is 4.96. The lowest BCUT2D eigenvalue weighted by atomic mass is 10.0. The van der Waals surface area contributed by atoms with Crippen molar-refractivity contribution in [3.05, 3.63) is 83.9 Å². The highest BCUT2D eigenvalue weighted by Crippen LogP contribution is 2.21. The van der Waals surface area contributed by atoms with E-state index >= 15 is 0 Å². The van der Waals surface area contributed by atoms with Crippen molar-refractivity contribution in [2.24, 2.45) is 0 Å². The van der Waals surface area contributed by atoms with E-state index in [0.717, 1.165) is 22.9 Å². The largest absolute Gasteiger partial charge is 0.486 e. The van der Waals surface area contributed by atoms with Gasteiger partial charge in [0.1, 0.15) is 18.5 Å². The first-order valence-electron chi connectivity index (χ1n) is 7.09. The first kappa shape index (κ1) is 14.7. The van der Waals surface area contributed by atoms with Crippen molar-refractivity contribution in [3.8, 4) is 22.9 Å². The van der Waals surface area contributed by atoms with Crippen LogP contribution < -0.4 is 4.74 Å². The lowest BCUT2D eigenvalue weighted by Crippen LogP contribution is -1.99. The molecule has 3 nitrogen and oxygen atoms in total. The first-order valence-corrected chi connectivity index (χ1v) is 7.09. The average Bonchev–Trinajstić information content (AvgIpc) is 2.61. The highest BCUT2D eigenvalue weighted by molar-refractivity contribution is 5.63. The number of ether oxygens (including phenoxy) is 1. The molecule has 0 aliphatic heterocycles. The van der Waals surface area contributed by atoms with E-state index in [1.165, 1.54) is 6.07 Å². The third-order valence-corrected chi connectivity index (χ3v) is 3.38. The van der Waals surface area contributed by atoms with Crippen LogP contribution in [0.2, 0.25) is 0 Å². The number of rotatable bonds is 4. The molecule has 0 saturated heterocycles. The zero-order valence-corrected chi connectivity index (χ0v) is 12.2. The lowest BCUT2D eigenvalue weighted by Gasteiger charge is -2.08. The Balaban J connectivity index is 1.72. The lowest BCUT2D eigenvalue weighted by molar-refractivity contribution is 0.302. The fraction of sp³-hybridized carbons (Fsp3) is 0.0526. The molecule has 0 radical (unpaired) electrons. The van der Waals surface area contributed by atoms with Crippen LogP contribution in [0.4, 0.5) is 4.39 Å². The second kappa shape index (κ2) is 6.71. The third-order valence-electron chi connectivity index (χ3n) is 3.38. The van der Waals surface area contributed by atoms with Gasteiger partial charge >= 0.3 is 0 Å². The van der Waals surface area contributed by atoms with E-state index in [2.05, 4.69) is 4.98 Å². The predicted molar refractivity (Wildman–Crippen MR) is 85.1 cm³/mol. The van der Waals surface area contributed by atoms with Gasteiger partial charge in [0.15, 0.2) is 11.4 Å². The standard InChI is InChI=1S/C19H13FN2O/c20-17-10-19(18(11-21)22-12-17)23-13-14-6-8-16(9-7-14)15-4-2-1-3-5-15/h1-10,12H,13H2. The second-order valence-electron chi connectivity index (χ2n) is 4.96. The van der Waals surface area contributed by atoms with Gasteiger partial charge in [-0.3, -0.25) is 0 Å². The maximum atomic E-state index is 13.2. The average molecular weight is 304 g/mol. The summed E-state index contributed by atoms with van der Waals surface area (Å²) in [5, 5.41) is 8.95. The molecule has 1 aromatic heterocycles. The Morgan fingerprint density at radius 2 is 1.70 bits per heavy atom. The van der Waals surface area contributed by atoms with Crippen molar-refractivity contribution in [2.75, 3.05) is 0 Å². The number of hydrogen-bond acceptors (Lipinski definition) is 3. The number of benzene rings is 2. The number of nitrogens with zero attached hydrogens (tertiary/aromatic N) is 2. The van der Waals surface area contributed by atoms with E-state index in [4.69, 9.17) is 10.00 Å². The monoisotopic (exact) mass is 304 g/mol. The molecule has 0 aliphatic carbocycles. The Kier molecular flexibility index (Phi) is 4.30. The number of halogens is 1. The van der Waals surface area contributed by atoms with Crippen LogP contribution in [0.1, 0.15) is 11.3 Å². The van der Waals surface area contributed by atoms with Gasteiger partial charge in [0.2, 0.25) is 0 Å². The summed E-state index contributed by atoms with van der Waals surface area (Å²) in [6.45, 7) is 0.245. The quantitative estimate of drug-likeness (QED) is 0.720. The maximum absolute atomic E-state index is 13.2. The van der Waals surface area contributed by atoms with Crippen LogP contribution in [0.15, 0.2) is 66.9 Å².